The molecule has 1 unspecified atom stereocenters. The number of imide groups is 1. The van der Waals surface area contributed by atoms with Crippen LogP contribution in [0.2, 0.25) is 0 Å². The molecule has 3 fully saturated rings. The third-order valence-corrected chi connectivity index (χ3v) is 12.8. The van der Waals surface area contributed by atoms with E-state index in [2.05, 4.69) is 59.6 Å². The molecule has 9 rings (SSSR count). The van der Waals surface area contributed by atoms with Crippen molar-refractivity contribution in [2.45, 2.75) is 69.6 Å². The number of aromatic nitrogens is 2. The van der Waals surface area contributed by atoms with Crippen LogP contribution >= 0.6 is 0 Å². The van der Waals surface area contributed by atoms with Crippen molar-refractivity contribution in [3.05, 3.63) is 77.1 Å². The van der Waals surface area contributed by atoms with Crippen LogP contribution in [0.1, 0.15) is 66.0 Å². The molecule has 61 heavy (non-hydrogen) atoms. The molecule has 4 aromatic rings. The average molecular weight is 843 g/mol. The molecule has 324 valence electrons. The maximum atomic E-state index is 14.0. The Hall–Kier alpha value is -5.81. The molecule has 2 aromatic carbocycles. The monoisotopic (exact) mass is 842 g/mol. The highest BCUT2D eigenvalue weighted by Gasteiger charge is 2.39. The molecule has 5 aliphatic rings. The molecule has 2 aromatic heterocycles. The zero-order chi connectivity index (χ0) is 42.8. The Kier molecular flexibility index (Phi) is 12.4. The predicted octanol–water partition coefficient (Wildman–Crippen LogP) is 4.21. The summed E-state index contributed by atoms with van der Waals surface area (Å²) in [6, 6.07) is 16.9. The molecule has 0 bridgehead atoms. The molecule has 5 aliphatic heterocycles. The summed E-state index contributed by atoms with van der Waals surface area (Å²) in [5.41, 5.74) is 6.18. The zero-order valence-corrected chi connectivity index (χ0v) is 34.3. The number of piperidine rings is 2. The van der Waals surface area contributed by atoms with Crippen molar-refractivity contribution < 1.29 is 42.5 Å². The van der Waals surface area contributed by atoms with Crippen molar-refractivity contribution in [3.8, 4) is 11.6 Å². The average Bonchev–Trinajstić information content (AvgIpc) is 3.62. The molecule has 4 N–H and O–H groups in total. The molecular weight excluding hydrogens is 791 g/mol. The summed E-state index contributed by atoms with van der Waals surface area (Å²) in [4.78, 5) is 62.2. The van der Waals surface area contributed by atoms with Gasteiger partial charge in [-0.15, -0.1) is 0 Å². The number of para-hydroxylation sites is 1. The van der Waals surface area contributed by atoms with Crippen molar-refractivity contribution in [1.29, 1.82) is 0 Å². The van der Waals surface area contributed by atoms with Gasteiger partial charge in [-0.05, 0) is 68.4 Å². The van der Waals surface area contributed by atoms with Gasteiger partial charge >= 0.3 is 0 Å². The number of H-pyrrole nitrogens is 1. The van der Waals surface area contributed by atoms with E-state index in [-0.39, 0.29) is 55.6 Å². The van der Waals surface area contributed by atoms with E-state index in [1.807, 2.05) is 36.1 Å². The molecular formula is C44H52F2N8O7. The lowest BCUT2D eigenvalue weighted by atomic mass is 9.88. The number of carbonyl (C=O) groups excluding carboxylic acids is 3. The Bertz CT molecular complexity index is 2270. The molecule has 17 heteroatoms. The van der Waals surface area contributed by atoms with Crippen LogP contribution in [-0.2, 0) is 20.8 Å². The van der Waals surface area contributed by atoms with E-state index in [1.54, 1.807) is 13.2 Å². The van der Waals surface area contributed by atoms with Gasteiger partial charge in [-0.3, -0.25) is 34.3 Å². The van der Waals surface area contributed by atoms with Crippen LogP contribution < -0.4 is 29.9 Å². The number of aromatic amines is 1. The summed E-state index contributed by atoms with van der Waals surface area (Å²) in [7, 11) is 1.67. The molecule has 7 heterocycles. The molecule has 4 atom stereocenters. The summed E-state index contributed by atoms with van der Waals surface area (Å²) >= 11 is 0. The van der Waals surface area contributed by atoms with Gasteiger partial charge in [0.2, 0.25) is 17.7 Å². The minimum absolute atomic E-state index is 0.0709. The topological polar surface area (TPSA) is 173 Å². The van der Waals surface area contributed by atoms with Crippen LogP contribution in [-0.4, -0.2) is 133 Å². The zero-order valence-electron chi connectivity index (χ0n) is 34.3. The number of nitrogens with zero attached hydrogens (tertiary/aromatic N) is 5. The summed E-state index contributed by atoms with van der Waals surface area (Å²) in [6.45, 7) is 7.39. The third kappa shape index (κ3) is 8.71. The second kappa shape index (κ2) is 18.0. The molecule has 0 spiro atoms. The number of alkyl halides is 2. The fourth-order valence-corrected chi connectivity index (χ4v) is 9.82. The Morgan fingerprint density at radius 2 is 1.87 bits per heavy atom. The SMILES string of the molecule is COc1cc(N2CCC(CN3CCN4c5ccc(C(=O)NC6CCC(=O)NC6=O)nc5OC[C@H]4C3)CC2)ccc1[C@@H]1c2[nH]c3ccccc3c2C[C@@H](C)N1CC(F)F.O=CO. The number of anilines is 2. The summed E-state index contributed by atoms with van der Waals surface area (Å²) in [5, 5.41) is 13.0. The van der Waals surface area contributed by atoms with Crippen LogP contribution in [0.25, 0.3) is 10.9 Å². The van der Waals surface area contributed by atoms with Crippen LogP contribution in [0.3, 0.4) is 0 Å². The third-order valence-electron chi connectivity index (χ3n) is 12.8. The predicted molar refractivity (Wildman–Crippen MR) is 224 cm³/mol. The van der Waals surface area contributed by atoms with Gasteiger partial charge in [0.1, 0.15) is 29.8 Å². The lowest BCUT2D eigenvalue weighted by Crippen LogP contribution is -2.58. The molecule has 0 saturated carbocycles. The van der Waals surface area contributed by atoms with Crippen molar-refractivity contribution in [2.24, 2.45) is 5.92 Å². The first kappa shape index (κ1) is 41.9. The first-order valence-corrected chi connectivity index (χ1v) is 21.0. The van der Waals surface area contributed by atoms with Gasteiger partial charge in [0.25, 0.3) is 18.8 Å². The highest BCUT2D eigenvalue weighted by Crippen LogP contribution is 2.45. The molecule has 3 amide bonds. The van der Waals surface area contributed by atoms with E-state index in [1.165, 1.54) is 5.56 Å². The number of pyridine rings is 1. The van der Waals surface area contributed by atoms with Crippen LogP contribution in [0.15, 0.2) is 54.6 Å². The van der Waals surface area contributed by atoms with E-state index in [0.717, 1.165) is 85.6 Å². The van der Waals surface area contributed by atoms with Gasteiger partial charge in [0, 0.05) is 85.6 Å². The minimum atomic E-state index is -2.46. The van der Waals surface area contributed by atoms with E-state index < -0.39 is 24.3 Å². The number of carbonyl (C=O) groups is 4. The van der Waals surface area contributed by atoms with Gasteiger partial charge < -0.3 is 34.7 Å². The van der Waals surface area contributed by atoms with Crippen molar-refractivity contribution in [3.63, 3.8) is 0 Å². The number of amides is 3. The number of benzene rings is 2. The standard InChI is InChI=1S/C43H50F2N8O5.CH2O2/c1-25-19-31-29-5-3-4-6-32(29)46-39(31)40(53(25)23-37(44)45)30-8-7-27(20-36(30)57-2)51-15-13-26(14-16-51)21-50-17-18-52-28(22-50)24-58-43-35(52)11-9-34(48-43)41(55)47-33-10-12-38(54)49-42(33)56;2-1-3/h3-9,11,20,25-26,28,33,37,40,46H,10,12-19,21-24H2,1-2H3,(H,47,55)(H,49,54,56);1H,(H,2,3)/t25-,28-,33?,40-;/m1./s1. The number of halogens is 2. The highest BCUT2D eigenvalue weighted by molar-refractivity contribution is 6.03. The fraction of sp³-hybridized carbons (Fsp3) is 0.477. The summed E-state index contributed by atoms with van der Waals surface area (Å²) in [6.07, 6.45) is 0.797. The number of ether oxygens (including phenoxy) is 2. The van der Waals surface area contributed by atoms with Crippen LogP contribution in [0, 0.1) is 5.92 Å². The van der Waals surface area contributed by atoms with Gasteiger partial charge in [-0.25, -0.2) is 13.8 Å². The lowest BCUT2D eigenvalue weighted by Gasteiger charge is -2.46. The number of hydrogen-bond acceptors (Lipinski definition) is 11. The number of piperazine rings is 1. The van der Waals surface area contributed by atoms with Crippen molar-refractivity contribution >= 4 is 46.5 Å². The number of rotatable bonds is 9. The lowest BCUT2D eigenvalue weighted by molar-refractivity contribution is -0.134. The highest BCUT2D eigenvalue weighted by atomic mass is 19.3. The van der Waals surface area contributed by atoms with Gasteiger partial charge in [0.15, 0.2) is 0 Å². The number of carboxylic acid groups (broad SMARTS) is 1. The van der Waals surface area contributed by atoms with E-state index in [4.69, 9.17) is 19.4 Å². The van der Waals surface area contributed by atoms with Crippen LogP contribution in [0.4, 0.5) is 20.2 Å². The number of nitrogens with one attached hydrogen (secondary N) is 3. The summed E-state index contributed by atoms with van der Waals surface area (Å²) in [5.74, 6) is 0.358. The Labute approximate surface area is 352 Å². The molecule has 0 radical (unpaired) electrons. The van der Waals surface area contributed by atoms with Crippen LogP contribution in [0.5, 0.6) is 11.6 Å². The number of hydrogen-bond donors (Lipinski definition) is 4. The van der Waals surface area contributed by atoms with E-state index >= 15 is 0 Å². The minimum Gasteiger partial charge on any atom is -0.496 e. The Morgan fingerprint density at radius 1 is 1.08 bits per heavy atom. The quantitative estimate of drug-likeness (QED) is 0.140. The summed E-state index contributed by atoms with van der Waals surface area (Å²) < 4.78 is 40.2. The maximum Gasteiger partial charge on any atom is 0.290 e. The number of methoxy groups -OCH3 is 1. The molecule has 3 saturated heterocycles. The Balaban J connectivity index is 0.00000166. The second-order valence-electron chi connectivity index (χ2n) is 16.5. The van der Waals surface area contributed by atoms with Crippen molar-refractivity contribution in [1.82, 2.24) is 30.4 Å². The van der Waals surface area contributed by atoms with E-state index in [0.29, 0.717) is 30.6 Å². The van der Waals surface area contributed by atoms with Gasteiger partial charge in [-0.2, -0.15) is 0 Å². The first-order valence-electron chi connectivity index (χ1n) is 21.0. The largest absolute Gasteiger partial charge is 0.496 e. The van der Waals surface area contributed by atoms with Crippen molar-refractivity contribution in [2.75, 3.05) is 69.3 Å². The smallest absolute Gasteiger partial charge is 0.290 e. The normalized spacial score (nSPS) is 23.2. The molecule has 0 aliphatic carbocycles. The first-order chi connectivity index (χ1) is 29.5. The maximum absolute atomic E-state index is 14.0. The number of fused-ring (bicyclic) bond motifs is 6. The van der Waals surface area contributed by atoms with E-state index in [9.17, 15) is 23.2 Å². The molecule has 15 nitrogen and oxygen atoms in total. The Morgan fingerprint density at radius 3 is 2.62 bits per heavy atom. The fourth-order valence-electron chi connectivity index (χ4n) is 9.82. The van der Waals surface area contributed by atoms with Gasteiger partial charge in [-0.1, -0.05) is 24.3 Å². The van der Waals surface area contributed by atoms with Gasteiger partial charge in [0.05, 0.1) is 25.7 Å². The second-order valence-corrected chi connectivity index (χ2v) is 16.5.